The highest BCUT2D eigenvalue weighted by molar-refractivity contribution is 6.31. The molecule has 3 heterocycles. The van der Waals surface area contributed by atoms with Crippen LogP contribution in [0, 0.1) is 0 Å². The standard InChI is InChI=1S/C16H24ClN3O/c1-2-19-11-12(17)10-15(19)16(21)20-9-4-3-7-14(20)13-6-5-8-18-13/h10-11,13-14,18H,2-9H2,1H3. The van der Waals surface area contributed by atoms with Crippen molar-refractivity contribution in [3.05, 3.63) is 23.0 Å². The molecule has 2 aliphatic heterocycles. The van der Waals surface area contributed by atoms with E-state index < -0.39 is 0 Å². The quantitative estimate of drug-likeness (QED) is 0.932. The summed E-state index contributed by atoms with van der Waals surface area (Å²) in [6, 6.07) is 2.61. The molecule has 1 aromatic rings. The summed E-state index contributed by atoms with van der Waals surface area (Å²) in [6.07, 6.45) is 7.70. The first-order valence-electron chi connectivity index (χ1n) is 8.10. The van der Waals surface area contributed by atoms with E-state index in [1.807, 2.05) is 17.7 Å². The number of likely N-dealkylation sites (tertiary alicyclic amines) is 1. The molecule has 1 amide bonds. The molecular weight excluding hydrogens is 286 g/mol. The zero-order valence-electron chi connectivity index (χ0n) is 12.6. The van der Waals surface area contributed by atoms with Gasteiger partial charge in [-0.1, -0.05) is 11.6 Å². The number of amides is 1. The van der Waals surface area contributed by atoms with Crippen LogP contribution < -0.4 is 5.32 Å². The van der Waals surface area contributed by atoms with Gasteiger partial charge in [-0.3, -0.25) is 4.79 Å². The number of hydrogen-bond donors (Lipinski definition) is 1. The molecule has 2 unspecified atom stereocenters. The Balaban J connectivity index is 1.83. The summed E-state index contributed by atoms with van der Waals surface area (Å²) in [6.45, 7) is 4.77. The molecular formula is C16H24ClN3O. The Bertz CT molecular complexity index is 508. The van der Waals surface area contributed by atoms with Crippen LogP contribution in [-0.4, -0.2) is 40.5 Å². The summed E-state index contributed by atoms with van der Waals surface area (Å²) in [7, 11) is 0. The molecule has 0 aliphatic carbocycles. The monoisotopic (exact) mass is 309 g/mol. The number of aryl methyl sites for hydroxylation is 1. The number of aromatic nitrogens is 1. The van der Waals surface area contributed by atoms with Crippen molar-refractivity contribution < 1.29 is 4.79 Å². The number of carbonyl (C=O) groups is 1. The van der Waals surface area contributed by atoms with Gasteiger partial charge in [-0.25, -0.2) is 0 Å². The highest BCUT2D eigenvalue weighted by Gasteiger charge is 2.35. The van der Waals surface area contributed by atoms with E-state index in [9.17, 15) is 4.79 Å². The Morgan fingerprint density at radius 1 is 1.38 bits per heavy atom. The highest BCUT2D eigenvalue weighted by Crippen LogP contribution is 2.27. The van der Waals surface area contributed by atoms with Crippen molar-refractivity contribution in [3.63, 3.8) is 0 Å². The molecule has 3 rings (SSSR count). The summed E-state index contributed by atoms with van der Waals surface area (Å²) >= 11 is 6.09. The molecule has 2 saturated heterocycles. The Labute approximate surface area is 131 Å². The highest BCUT2D eigenvalue weighted by atomic mass is 35.5. The van der Waals surface area contributed by atoms with Gasteiger partial charge in [-0.15, -0.1) is 0 Å². The van der Waals surface area contributed by atoms with E-state index in [0.29, 0.717) is 17.1 Å². The van der Waals surface area contributed by atoms with Gasteiger partial charge in [0.05, 0.1) is 5.02 Å². The molecule has 0 bridgehead atoms. The largest absolute Gasteiger partial charge is 0.342 e. The third-order valence-electron chi connectivity index (χ3n) is 4.80. The summed E-state index contributed by atoms with van der Waals surface area (Å²) in [5.41, 5.74) is 0.729. The molecule has 5 heteroatoms. The SMILES string of the molecule is CCn1cc(Cl)cc1C(=O)N1CCCCC1C1CCCN1. The second-order valence-electron chi connectivity index (χ2n) is 6.09. The fourth-order valence-electron chi connectivity index (χ4n) is 3.73. The first kappa shape index (κ1) is 14.9. The smallest absolute Gasteiger partial charge is 0.270 e. The van der Waals surface area contributed by atoms with Gasteiger partial charge in [-0.2, -0.15) is 0 Å². The van der Waals surface area contributed by atoms with Crippen LogP contribution >= 0.6 is 11.6 Å². The van der Waals surface area contributed by atoms with E-state index in [4.69, 9.17) is 11.6 Å². The van der Waals surface area contributed by atoms with Gasteiger partial charge < -0.3 is 14.8 Å². The second kappa shape index (κ2) is 6.41. The molecule has 4 nitrogen and oxygen atoms in total. The van der Waals surface area contributed by atoms with Gasteiger partial charge in [0.25, 0.3) is 5.91 Å². The Hall–Kier alpha value is -1.00. The van der Waals surface area contributed by atoms with E-state index >= 15 is 0 Å². The van der Waals surface area contributed by atoms with Crippen molar-refractivity contribution in [1.82, 2.24) is 14.8 Å². The van der Waals surface area contributed by atoms with Crippen LogP contribution in [0.25, 0.3) is 0 Å². The number of nitrogens with zero attached hydrogens (tertiary/aromatic N) is 2. The van der Waals surface area contributed by atoms with Crippen LogP contribution in [-0.2, 0) is 6.54 Å². The van der Waals surface area contributed by atoms with E-state index in [1.165, 1.54) is 19.3 Å². The molecule has 0 saturated carbocycles. The maximum Gasteiger partial charge on any atom is 0.270 e. The number of halogens is 1. The van der Waals surface area contributed by atoms with E-state index in [2.05, 4.69) is 10.2 Å². The summed E-state index contributed by atoms with van der Waals surface area (Å²) < 4.78 is 1.96. The Kier molecular flexibility index (Phi) is 4.55. The van der Waals surface area contributed by atoms with Gasteiger partial charge >= 0.3 is 0 Å². The zero-order valence-corrected chi connectivity index (χ0v) is 13.4. The fraction of sp³-hybridized carbons (Fsp3) is 0.688. The topological polar surface area (TPSA) is 37.3 Å². The van der Waals surface area contributed by atoms with Crippen molar-refractivity contribution in [1.29, 1.82) is 0 Å². The van der Waals surface area contributed by atoms with Crippen molar-refractivity contribution >= 4 is 17.5 Å². The van der Waals surface area contributed by atoms with Gasteiger partial charge in [0.15, 0.2) is 0 Å². The first-order chi connectivity index (χ1) is 10.2. The van der Waals surface area contributed by atoms with Gasteiger partial charge in [0, 0.05) is 31.4 Å². The van der Waals surface area contributed by atoms with Crippen LogP contribution in [0.3, 0.4) is 0 Å². The Morgan fingerprint density at radius 3 is 2.95 bits per heavy atom. The van der Waals surface area contributed by atoms with Crippen LogP contribution in [0.15, 0.2) is 12.3 Å². The molecule has 1 N–H and O–H groups in total. The number of hydrogen-bond acceptors (Lipinski definition) is 2. The molecule has 0 spiro atoms. The minimum atomic E-state index is 0.141. The molecule has 0 radical (unpaired) electrons. The lowest BCUT2D eigenvalue weighted by atomic mass is 9.94. The van der Waals surface area contributed by atoms with Gasteiger partial charge in [-0.05, 0) is 51.6 Å². The van der Waals surface area contributed by atoms with Crippen LogP contribution in [0.4, 0.5) is 0 Å². The van der Waals surface area contributed by atoms with Crippen LogP contribution in [0.2, 0.25) is 5.02 Å². The average Bonchev–Trinajstić information content (AvgIpc) is 3.15. The molecule has 0 aromatic carbocycles. The van der Waals surface area contributed by atoms with Crippen LogP contribution in [0.1, 0.15) is 49.5 Å². The lowest BCUT2D eigenvalue weighted by Gasteiger charge is -2.39. The van der Waals surface area contributed by atoms with Gasteiger partial charge in [0.1, 0.15) is 5.69 Å². The summed E-state index contributed by atoms with van der Waals surface area (Å²) in [5, 5.41) is 4.22. The van der Waals surface area contributed by atoms with Crippen LogP contribution in [0.5, 0.6) is 0 Å². The lowest BCUT2D eigenvalue weighted by Crippen LogP contribution is -2.52. The number of rotatable bonds is 3. The maximum absolute atomic E-state index is 13.0. The molecule has 2 atom stereocenters. The van der Waals surface area contributed by atoms with Crippen molar-refractivity contribution in [2.24, 2.45) is 0 Å². The minimum absolute atomic E-state index is 0.141. The summed E-state index contributed by atoms with van der Waals surface area (Å²) in [4.78, 5) is 15.1. The fourth-order valence-corrected chi connectivity index (χ4v) is 3.95. The molecule has 2 aliphatic rings. The van der Waals surface area contributed by atoms with E-state index in [0.717, 1.165) is 38.2 Å². The van der Waals surface area contributed by atoms with Crippen molar-refractivity contribution in [2.45, 2.75) is 57.7 Å². The maximum atomic E-state index is 13.0. The third kappa shape index (κ3) is 2.97. The third-order valence-corrected chi connectivity index (χ3v) is 5.00. The van der Waals surface area contributed by atoms with Crippen molar-refractivity contribution in [2.75, 3.05) is 13.1 Å². The zero-order chi connectivity index (χ0) is 14.8. The number of nitrogens with one attached hydrogen (secondary N) is 1. The average molecular weight is 310 g/mol. The first-order valence-corrected chi connectivity index (χ1v) is 8.48. The molecule has 2 fully saturated rings. The Morgan fingerprint density at radius 2 is 2.24 bits per heavy atom. The predicted molar refractivity (Wildman–Crippen MR) is 84.8 cm³/mol. The number of carbonyl (C=O) groups excluding carboxylic acids is 1. The second-order valence-corrected chi connectivity index (χ2v) is 6.53. The van der Waals surface area contributed by atoms with E-state index in [-0.39, 0.29) is 5.91 Å². The van der Waals surface area contributed by atoms with Gasteiger partial charge in [0.2, 0.25) is 0 Å². The molecule has 21 heavy (non-hydrogen) atoms. The molecule has 1 aromatic heterocycles. The molecule has 116 valence electrons. The normalized spacial score (nSPS) is 26.3. The predicted octanol–water partition coefficient (Wildman–Crippen LogP) is 2.91. The number of piperidine rings is 1. The van der Waals surface area contributed by atoms with Crippen molar-refractivity contribution in [3.8, 4) is 0 Å². The minimum Gasteiger partial charge on any atom is -0.342 e. The van der Waals surface area contributed by atoms with E-state index in [1.54, 1.807) is 6.07 Å². The summed E-state index contributed by atoms with van der Waals surface area (Å²) in [5.74, 6) is 0.141. The lowest BCUT2D eigenvalue weighted by molar-refractivity contribution is 0.0553.